The lowest BCUT2D eigenvalue weighted by Crippen LogP contribution is -2.16. The van der Waals surface area contributed by atoms with Crippen molar-refractivity contribution in [3.05, 3.63) is 51.2 Å². The van der Waals surface area contributed by atoms with E-state index in [2.05, 4.69) is 55.7 Å². The predicted octanol–water partition coefficient (Wildman–Crippen LogP) is 4.56. The lowest BCUT2D eigenvalue weighted by molar-refractivity contribution is 0.738. The van der Waals surface area contributed by atoms with E-state index in [9.17, 15) is 0 Å². The van der Waals surface area contributed by atoms with Crippen molar-refractivity contribution in [2.24, 2.45) is 0 Å². The van der Waals surface area contributed by atoms with Gasteiger partial charge in [-0.25, -0.2) is 0 Å². The van der Waals surface area contributed by atoms with Crippen molar-refractivity contribution in [3.63, 3.8) is 0 Å². The molecule has 0 aliphatic carbocycles. The molecule has 0 unspecified atom stereocenters. The van der Waals surface area contributed by atoms with Gasteiger partial charge in [0, 0.05) is 28.6 Å². The Morgan fingerprint density at radius 2 is 1.95 bits per heavy atom. The highest BCUT2D eigenvalue weighted by molar-refractivity contribution is 7.99. The van der Waals surface area contributed by atoms with Crippen LogP contribution in [0.3, 0.4) is 0 Å². The SMILES string of the molecule is Cc1ccc(SCCNCc2sccc2C)c(C)c1. The van der Waals surface area contributed by atoms with E-state index >= 15 is 0 Å². The molecular weight excluding hydrogens is 270 g/mol. The Morgan fingerprint density at radius 3 is 2.63 bits per heavy atom. The van der Waals surface area contributed by atoms with Gasteiger partial charge in [0.15, 0.2) is 0 Å². The van der Waals surface area contributed by atoms with Gasteiger partial charge in [-0.2, -0.15) is 0 Å². The summed E-state index contributed by atoms with van der Waals surface area (Å²) < 4.78 is 0. The van der Waals surface area contributed by atoms with E-state index in [1.165, 1.54) is 26.5 Å². The topological polar surface area (TPSA) is 12.0 Å². The molecule has 1 heterocycles. The molecule has 0 aliphatic heterocycles. The Hall–Kier alpha value is -0.770. The van der Waals surface area contributed by atoms with Gasteiger partial charge in [0.25, 0.3) is 0 Å². The zero-order chi connectivity index (χ0) is 13.7. The van der Waals surface area contributed by atoms with Gasteiger partial charge in [0.05, 0.1) is 0 Å². The van der Waals surface area contributed by atoms with Crippen molar-refractivity contribution in [1.29, 1.82) is 0 Å². The summed E-state index contributed by atoms with van der Waals surface area (Å²) in [7, 11) is 0. The lowest BCUT2D eigenvalue weighted by Gasteiger charge is -2.07. The van der Waals surface area contributed by atoms with Gasteiger partial charge in [-0.1, -0.05) is 17.7 Å². The minimum absolute atomic E-state index is 0.997. The highest BCUT2D eigenvalue weighted by Crippen LogP contribution is 2.22. The van der Waals surface area contributed by atoms with E-state index in [1.54, 1.807) is 0 Å². The van der Waals surface area contributed by atoms with Crippen LogP contribution in [0.2, 0.25) is 0 Å². The standard InChI is InChI=1S/C16H21NS2/c1-12-4-5-15(14(3)10-12)19-9-7-17-11-16-13(2)6-8-18-16/h4-6,8,10,17H,7,9,11H2,1-3H3. The second-order valence-corrected chi connectivity index (χ2v) is 6.96. The molecule has 2 rings (SSSR count). The second kappa shape index (κ2) is 7.13. The molecule has 0 radical (unpaired) electrons. The zero-order valence-corrected chi connectivity index (χ0v) is 13.5. The molecule has 1 aromatic carbocycles. The molecular formula is C16H21NS2. The molecule has 1 N–H and O–H groups in total. The summed E-state index contributed by atoms with van der Waals surface area (Å²) in [5.41, 5.74) is 4.13. The Balaban J connectivity index is 1.71. The van der Waals surface area contributed by atoms with E-state index in [0.717, 1.165) is 18.8 Å². The molecule has 19 heavy (non-hydrogen) atoms. The van der Waals surface area contributed by atoms with Crippen LogP contribution in [-0.2, 0) is 6.54 Å². The van der Waals surface area contributed by atoms with Crippen LogP contribution >= 0.6 is 23.1 Å². The lowest BCUT2D eigenvalue weighted by atomic mass is 10.2. The van der Waals surface area contributed by atoms with Crippen molar-refractivity contribution in [1.82, 2.24) is 5.32 Å². The first-order chi connectivity index (χ1) is 9.16. The summed E-state index contributed by atoms with van der Waals surface area (Å²) in [5, 5.41) is 5.68. The van der Waals surface area contributed by atoms with Crippen LogP contribution in [0.25, 0.3) is 0 Å². The van der Waals surface area contributed by atoms with Gasteiger partial charge < -0.3 is 5.32 Å². The van der Waals surface area contributed by atoms with Gasteiger partial charge >= 0.3 is 0 Å². The second-order valence-electron chi connectivity index (χ2n) is 4.82. The van der Waals surface area contributed by atoms with Crippen LogP contribution in [0.5, 0.6) is 0 Å². The minimum Gasteiger partial charge on any atom is -0.311 e. The number of thiophene rings is 1. The van der Waals surface area contributed by atoms with Crippen LogP contribution in [0.4, 0.5) is 0 Å². The molecule has 3 heteroatoms. The number of aryl methyl sites for hydroxylation is 3. The Kier molecular flexibility index (Phi) is 5.49. The molecule has 1 aromatic heterocycles. The van der Waals surface area contributed by atoms with E-state index < -0.39 is 0 Å². The Morgan fingerprint density at radius 1 is 1.11 bits per heavy atom. The van der Waals surface area contributed by atoms with E-state index in [-0.39, 0.29) is 0 Å². The van der Waals surface area contributed by atoms with Crippen LogP contribution < -0.4 is 5.32 Å². The van der Waals surface area contributed by atoms with Crippen LogP contribution in [0.1, 0.15) is 21.6 Å². The number of hydrogen-bond acceptors (Lipinski definition) is 3. The minimum atomic E-state index is 0.997. The van der Waals surface area contributed by atoms with Crippen molar-refractivity contribution in [2.45, 2.75) is 32.2 Å². The van der Waals surface area contributed by atoms with Crippen molar-refractivity contribution >= 4 is 23.1 Å². The summed E-state index contributed by atoms with van der Waals surface area (Å²) in [6, 6.07) is 8.87. The maximum atomic E-state index is 3.52. The fraction of sp³-hybridized carbons (Fsp3) is 0.375. The number of nitrogens with one attached hydrogen (secondary N) is 1. The molecule has 0 bridgehead atoms. The highest BCUT2D eigenvalue weighted by atomic mass is 32.2. The quantitative estimate of drug-likeness (QED) is 0.619. The van der Waals surface area contributed by atoms with Crippen LogP contribution in [0.15, 0.2) is 34.5 Å². The van der Waals surface area contributed by atoms with E-state index in [4.69, 9.17) is 0 Å². The molecule has 2 aromatic rings. The molecule has 0 saturated carbocycles. The third kappa shape index (κ3) is 4.37. The van der Waals surface area contributed by atoms with E-state index in [1.807, 2.05) is 23.1 Å². The molecule has 0 saturated heterocycles. The summed E-state index contributed by atoms with van der Waals surface area (Å²) in [4.78, 5) is 2.86. The van der Waals surface area contributed by atoms with Gasteiger partial charge in [-0.15, -0.1) is 23.1 Å². The normalized spacial score (nSPS) is 10.9. The molecule has 0 amide bonds. The number of benzene rings is 1. The van der Waals surface area contributed by atoms with Gasteiger partial charge in [0.2, 0.25) is 0 Å². The van der Waals surface area contributed by atoms with Crippen LogP contribution in [-0.4, -0.2) is 12.3 Å². The number of thioether (sulfide) groups is 1. The maximum Gasteiger partial charge on any atom is 0.0302 e. The first-order valence-electron chi connectivity index (χ1n) is 6.60. The van der Waals surface area contributed by atoms with E-state index in [0.29, 0.717) is 0 Å². The molecule has 0 spiro atoms. The highest BCUT2D eigenvalue weighted by Gasteiger charge is 2.01. The van der Waals surface area contributed by atoms with Gasteiger partial charge in [0.1, 0.15) is 0 Å². The average molecular weight is 291 g/mol. The van der Waals surface area contributed by atoms with Gasteiger partial charge in [-0.05, 0) is 49.4 Å². The summed E-state index contributed by atoms with van der Waals surface area (Å²) >= 11 is 3.78. The average Bonchev–Trinajstić information content (AvgIpc) is 2.77. The van der Waals surface area contributed by atoms with Gasteiger partial charge in [-0.3, -0.25) is 0 Å². The van der Waals surface area contributed by atoms with Crippen molar-refractivity contribution < 1.29 is 0 Å². The number of hydrogen-bond donors (Lipinski definition) is 1. The number of rotatable bonds is 6. The monoisotopic (exact) mass is 291 g/mol. The summed E-state index contributed by atoms with van der Waals surface area (Å²) in [5.74, 6) is 1.12. The molecule has 0 atom stereocenters. The first-order valence-corrected chi connectivity index (χ1v) is 8.47. The largest absolute Gasteiger partial charge is 0.311 e. The molecule has 1 nitrogen and oxygen atoms in total. The maximum absolute atomic E-state index is 3.52. The molecule has 102 valence electrons. The zero-order valence-electron chi connectivity index (χ0n) is 11.8. The Bertz CT molecular complexity index is 531. The summed E-state index contributed by atoms with van der Waals surface area (Å²) in [6.45, 7) is 8.56. The fourth-order valence-corrected chi connectivity index (χ4v) is 3.77. The van der Waals surface area contributed by atoms with Crippen molar-refractivity contribution in [3.8, 4) is 0 Å². The molecule has 0 aliphatic rings. The smallest absolute Gasteiger partial charge is 0.0302 e. The Labute approximate surface area is 124 Å². The third-order valence-corrected chi connectivity index (χ3v) is 5.32. The summed E-state index contributed by atoms with van der Waals surface area (Å²) in [6.07, 6.45) is 0. The van der Waals surface area contributed by atoms with Crippen molar-refractivity contribution in [2.75, 3.05) is 12.3 Å². The molecule has 0 fully saturated rings. The fourth-order valence-electron chi connectivity index (χ4n) is 1.98. The third-order valence-electron chi connectivity index (χ3n) is 3.12. The van der Waals surface area contributed by atoms with Crippen LogP contribution in [0, 0.1) is 20.8 Å². The first kappa shape index (κ1) is 14.6. The predicted molar refractivity (Wildman–Crippen MR) is 87.4 cm³/mol.